The van der Waals surface area contributed by atoms with Crippen LogP contribution in [-0.4, -0.2) is 41.5 Å². The highest BCUT2D eigenvalue weighted by atomic mass is 32.2. The van der Waals surface area contributed by atoms with Gasteiger partial charge in [-0.05, 0) is 84.5 Å². The van der Waals surface area contributed by atoms with Crippen LogP contribution in [0.25, 0.3) is 17.2 Å². The number of aromatic nitrogens is 1. The minimum atomic E-state index is -3.40. The van der Waals surface area contributed by atoms with Crippen molar-refractivity contribution in [1.82, 2.24) is 9.99 Å². The van der Waals surface area contributed by atoms with Gasteiger partial charge in [-0.2, -0.15) is 5.10 Å². The maximum absolute atomic E-state index is 13.8. The molecule has 3 aromatic carbocycles. The van der Waals surface area contributed by atoms with Crippen LogP contribution in [0, 0.1) is 17.6 Å². The number of carbonyl (C=O) groups excluding carboxylic acids is 1. The van der Waals surface area contributed by atoms with Crippen molar-refractivity contribution in [3.8, 4) is 0 Å². The predicted octanol–water partition coefficient (Wildman–Crippen LogP) is 6.81. The molecule has 0 saturated heterocycles. The summed E-state index contributed by atoms with van der Waals surface area (Å²) in [6.07, 6.45) is 4.47. The highest BCUT2D eigenvalue weighted by Crippen LogP contribution is 2.44. The summed E-state index contributed by atoms with van der Waals surface area (Å²) in [5.41, 5.74) is 4.25. The van der Waals surface area contributed by atoms with Gasteiger partial charge < -0.3 is 4.42 Å². The van der Waals surface area contributed by atoms with Gasteiger partial charge in [0.1, 0.15) is 17.2 Å². The van der Waals surface area contributed by atoms with Crippen molar-refractivity contribution >= 4 is 50.4 Å². The number of oxazole rings is 1. The summed E-state index contributed by atoms with van der Waals surface area (Å²) in [4.78, 5) is 18.2. The molecule has 2 unspecified atom stereocenters. The predicted molar refractivity (Wildman–Crippen MR) is 158 cm³/mol. The molecule has 4 aromatic rings. The van der Waals surface area contributed by atoms with E-state index in [2.05, 4.69) is 4.98 Å². The van der Waals surface area contributed by atoms with Crippen molar-refractivity contribution in [3.63, 3.8) is 0 Å². The van der Waals surface area contributed by atoms with E-state index in [1.807, 2.05) is 6.08 Å². The van der Waals surface area contributed by atoms with Gasteiger partial charge in [0.25, 0.3) is 11.1 Å². The molecule has 216 valence electrons. The molecule has 2 heterocycles. The summed E-state index contributed by atoms with van der Waals surface area (Å²) in [5.74, 6) is -1.07. The molecular formula is C31H27F2N3O4S2. The third-order valence-corrected chi connectivity index (χ3v) is 10.1. The summed E-state index contributed by atoms with van der Waals surface area (Å²) in [6, 6.07) is 16.5. The lowest BCUT2D eigenvalue weighted by Crippen LogP contribution is -2.32. The second-order valence-corrected chi connectivity index (χ2v) is 13.4. The Morgan fingerprint density at radius 1 is 1.07 bits per heavy atom. The van der Waals surface area contributed by atoms with Crippen molar-refractivity contribution in [2.24, 2.45) is 11.0 Å². The number of amides is 1. The van der Waals surface area contributed by atoms with E-state index in [4.69, 9.17) is 9.52 Å². The lowest BCUT2D eigenvalue weighted by molar-refractivity contribution is -0.130. The Kier molecular flexibility index (Phi) is 7.71. The van der Waals surface area contributed by atoms with Gasteiger partial charge in [0, 0.05) is 5.92 Å². The molecule has 11 heteroatoms. The number of hydrogen-bond acceptors (Lipinski definition) is 7. The Hall–Kier alpha value is -3.83. The third kappa shape index (κ3) is 5.63. The van der Waals surface area contributed by atoms with Crippen LogP contribution in [0.5, 0.6) is 0 Å². The van der Waals surface area contributed by atoms with Crippen LogP contribution < -0.4 is 0 Å². The number of fused-ring (bicyclic) bond motifs is 2. The molecule has 2 atom stereocenters. The molecule has 0 N–H and O–H groups in total. The zero-order valence-corrected chi connectivity index (χ0v) is 24.3. The average molecular weight is 608 g/mol. The fourth-order valence-electron chi connectivity index (χ4n) is 5.46. The summed E-state index contributed by atoms with van der Waals surface area (Å²) >= 11 is 1.10. The lowest BCUT2D eigenvalue weighted by atomic mass is 9.77. The molecule has 0 bridgehead atoms. The Morgan fingerprint density at radius 3 is 2.50 bits per heavy atom. The quantitative estimate of drug-likeness (QED) is 0.214. The van der Waals surface area contributed by atoms with Crippen molar-refractivity contribution in [2.45, 2.75) is 42.3 Å². The van der Waals surface area contributed by atoms with E-state index in [1.54, 1.807) is 37.3 Å². The number of nitrogens with zero attached hydrogens (tertiary/aromatic N) is 3. The molecule has 2 aliphatic rings. The first-order valence-electron chi connectivity index (χ1n) is 13.6. The molecule has 1 fully saturated rings. The zero-order chi connectivity index (χ0) is 29.4. The van der Waals surface area contributed by atoms with Crippen LogP contribution in [0.15, 0.2) is 91.9 Å². The van der Waals surface area contributed by atoms with Crippen LogP contribution in [0.3, 0.4) is 0 Å². The van der Waals surface area contributed by atoms with Gasteiger partial charge >= 0.3 is 0 Å². The van der Waals surface area contributed by atoms with Crippen LogP contribution in [0.4, 0.5) is 8.78 Å². The normalized spacial score (nSPS) is 19.7. The SMILES string of the molecule is CCS(=O)(=O)c1ccc2oc(SCC(=O)N3N=C4C(=Cc5ccc(F)cc5)CCCC4C3c3ccc(F)cc3)nc2c1. The van der Waals surface area contributed by atoms with Gasteiger partial charge in [-0.1, -0.05) is 43.0 Å². The number of benzene rings is 3. The second-order valence-electron chi connectivity index (χ2n) is 10.2. The van der Waals surface area contributed by atoms with Gasteiger partial charge in [0.15, 0.2) is 15.4 Å². The third-order valence-electron chi connectivity index (χ3n) is 7.58. The van der Waals surface area contributed by atoms with E-state index < -0.39 is 15.9 Å². The summed E-state index contributed by atoms with van der Waals surface area (Å²) in [6.45, 7) is 1.58. The summed E-state index contributed by atoms with van der Waals surface area (Å²) in [5, 5.41) is 6.55. The minimum Gasteiger partial charge on any atom is -0.431 e. The van der Waals surface area contributed by atoms with Gasteiger partial charge in [-0.3, -0.25) is 4.79 Å². The largest absolute Gasteiger partial charge is 0.431 e. The van der Waals surface area contributed by atoms with Crippen LogP contribution in [-0.2, 0) is 14.6 Å². The first-order valence-corrected chi connectivity index (χ1v) is 16.2. The first-order chi connectivity index (χ1) is 20.2. The number of carbonyl (C=O) groups is 1. The lowest BCUT2D eigenvalue weighted by Gasteiger charge is -2.29. The van der Waals surface area contributed by atoms with Crippen LogP contribution in [0.1, 0.15) is 43.4 Å². The molecule has 1 aromatic heterocycles. The number of sulfone groups is 1. The molecular weight excluding hydrogens is 580 g/mol. The summed E-state index contributed by atoms with van der Waals surface area (Å²) < 4.78 is 57.6. The molecule has 1 aliphatic carbocycles. The number of allylic oxidation sites excluding steroid dienone is 1. The van der Waals surface area contributed by atoms with Crippen molar-refractivity contribution in [3.05, 3.63) is 95.1 Å². The molecule has 1 aliphatic heterocycles. The Bertz CT molecular complexity index is 1820. The molecule has 7 nitrogen and oxygen atoms in total. The molecule has 0 radical (unpaired) electrons. The Morgan fingerprint density at radius 2 is 1.79 bits per heavy atom. The van der Waals surface area contributed by atoms with Gasteiger partial charge in [0.05, 0.1) is 28.2 Å². The highest BCUT2D eigenvalue weighted by molar-refractivity contribution is 7.99. The van der Waals surface area contributed by atoms with E-state index in [0.717, 1.165) is 53.4 Å². The van der Waals surface area contributed by atoms with Crippen molar-refractivity contribution in [1.29, 1.82) is 0 Å². The number of hydrogen-bond donors (Lipinski definition) is 0. The average Bonchev–Trinajstić information content (AvgIpc) is 3.59. The number of hydrazone groups is 1. The molecule has 1 amide bonds. The Balaban J connectivity index is 1.28. The first kappa shape index (κ1) is 28.3. The monoisotopic (exact) mass is 607 g/mol. The fraction of sp³-hybridized carbons (Fsp3) is 0.258. The van der Waals surface area contributed by atoms with Gasteiger partial charge in [-0.15, -0.1) is 0 Å². The molecule has 0 spiro atoms. The van der Waals surface area contributed by atoms with E-state index in [0.29, 0.717) is 11.1 Å². The Labute approximate surface area is 246 Å². The van der Waals surface area contributed by atoms with Crippen LogP contribution in [0.2, 0.25) is 0 Å². The smallest absolute Gasteiger partial charge is 0.257 e. The van der Waals surface area contributed by atoms with Crippen LogP contribution >= 0.6 is 11.8 Å². The number of halogens is 2. The van der Waals surface area contributed by atoms with Gasteiger partial charge in [-0.25, -0.2) is 27.2 Å². The van der Waals surface area contributed by atoms with Crippen molar-refractivity contribution in [2.75, 3.05) is 11.5 Å². The standard InChI is InChI=1S/C31H27F2N3O4S2/c1-2-42(38,39)24-14-15-27-26(17-24)34-31(40-27)41-18-28(37)36-30(20-8-12-23(33)13-9-20)25-5-3-4-21(29(25)35-36)16-19-6-10-22(32)11-7-19/h6-17,25,30H,2-5,18H2,1H3. The molecule has 6 rings (SSSR count). The highest BCUT2D eigenvalue weighted by Gasteiger charge is 2.43. The van der Waals surface area contributed by atoms with E-state index in [9.17, 15) is 22.0 Å². The topological polar surface area (TPSA) is 92.8 Å². The van der Waals surface area contributed by atoms with Crippen molar-refractivity contribution < 1.29 is 26.4 Å². The molecule has 1 saturated carbocycles. The fourth-order valence-corrected chi connectivity index (χ4v) is 7.05. The van der Waals surface area contributed by atoms with E-state index in [-0.39, 0.29) is 45.1 Å². The summed E-state index contributed by atoms with van der Waals surface area (Å²) in [7, 11) is -3.40. The zero-order valence-electron chi connectivity index (χ0n) is 22.7. The minimum absolute atomic E-state index is 0.0227. The molecule has 42 heavy (non-hydrogen) atoms. The number of thioether (sulfide) groups is 1. The number of rotatable bonds is 7. The maximum Gasteiger partial charge on any atom is 0.257 e. The van der Waals surface area contributed by atoms with E-state index >= 15 is 0 Å². The van der Waals surface area contributed by atoms with E-state index in [1.165, 1.54) is 41.4 Å². The van der Waals surface area contributed by atoms with Gasteiger partial charge in [0.2, 0.25) is 0 Å². The second kappa shape index (κ2) is 11.4. The maximum atomic E-state index is 13.8.